The van der Waals surface area contributed by atoms with E-state index in [9.17, 15) is 0 Å². The summed E-state index contributed by atoms with van der Waals surface area (Å²) in [5.41, 5.74) is 3.85. The van der Waals surface area contributed by atoms with Gasteiger partial charge in [-0.25, -0.2) is 0 Å². The molecule has 0 heteroatoms. The van der Waals surface area contributed by atoms with Gasteiger partial charge in [0.1, 0.15) is 0 Å². The van der Waals surface area contributed by atoms with E-state index in [1.807, 2.05) is 18.2 Å². The van der Waals surface area contributed by atoms with Crippen LogP contribution in [0.5, 0.6) is 0 Å². The molecule has 0 aliphatic heterocycles. The van der Waals surface area contributed by atoms with Gasteiger partial charge < -0.3 is 0 Å². The molecule has 2 rings (SSSR count). The zero-order valence-corrected chi connectivity index (χ0v) is 10.5. The van der Waals surface area contributed by atoms with Crippen LogP contribution in [0.25, 0.3) is 11.1 Å². The Bertz CT molecular complexity index is 523. The molecule has 0 saturated carbocycles. The first-order chi connectivity index (χ1) is 8.86. The summed E-state index contributed by atoms with van der Waals surface area (Å²) < 4.78 is 0. The molecule has 0 fully saturated rings. The first kappa shape index (κ1) is 12.4. The Kier molecular flexibility index (Phi) is 4.14. The highest BCUT2D eigenvalue weighted by molar-refractivity contribution is 5.68. The van der Waals surface area contributed by atoms with Gasteiger partial charge in [-0.2, -0.15) is 0 Å². The van der Waals surface area contributed by atoms with Crippen molar-refractivity contribution in [1.29, 1.82) is 0 Å². The highest BCUT2D eigenvalue weighted by Crippen LogP contribution is 2.31. The van der Waals surface area contributed by atoms with Gasteiger partial charge in [0.05, 0.1) is 0 Å². The molecular weight excluding hydrogens is 216 g/mol. The molecule has 2 aromatic carbocycles. The van der Waals surface area contributed by atoms with E-state index in [4.69, 9.17) is 0 Å². The number of rotatable bonds is 5. The van der Waals surface area contributed by atoms with Gasteiger partial charge >= 0.3 is 0 Å². The Morgan fingerprint density at radius 2 is 1.56 bits per heavy atom. The van der Waals surface area contributed by atoms with Crippen molar-refractivity contribution in [3.8, 4) is 11.1 Å². The molecule has 90 valence electrons. The first-order valence-corrected chi connectivity index (χ1v) is 6.24. The lowest BCUT2D eigenvalue weighted by atomic mass is 9.88. The molecule has 0 nitrogen and oxygen atoms in total. The Hall–Kier alpha value is -2.08. The Morgan fingerprint density at radius 1 is 0.889 bits per heavy atom. The quantitative estimate of drug-likeness (QED) is 0.624. The van der Waals surface area contributed by atoms with Gasteiger partial charge in [-0.05, 0) is 23.1 Å². The van der Waals surface area contributed by atoms with Crippen LogP contribution in [0.2, 0.25) is 0 Å². The molecule has 0 N–H and O–H groups in total. The Balaban J connectivity index is 2.48. The largest absolute Gasteiger partial charge is 0.103 e. The molecule has 0 bridgehead atoms. The molecule has 0 saturated heterocycles. The van der Waals surface area contributed by atoms with Gasteiger partial charge in [-0.3, -0.25) is 0 Å². The maximum atomic E-state index is 3.94. The average Bonchev–Trinajstić information content (AvgIpc) is 2.46. The van der Waals surface area contributed by atoms with E-state index >= 15 is 0 Å². The van der Waals surface area contributed by atoms with Crippen molar-refractivity contribution >= 4 is 0 Å². The van der Waals surface area contributed by atoms with Gasteiger partial charge in [0.2, 0.25) is 0 Å². The zero-order valence-electron chi connectivity index (χ0n) is 10.5. The Labute approximate surface area is 109 Å². The van der Waals surface area contributed by atoms with E-state index in [-0.39, 0.29) is 0 Å². The number of benzene rings is 2. The lowest BCUT2D eigenvalue weighted by Gasteiger charge is -2.16. The number of allylic oxidation sites excluding steroid dienone is 2. The molecule has 0 aromatic heterocycles. The zero-order chi connectivity index (χ0) is 12.8. The van der Waals surface area contributed by atoms with Crippen LogP contribution in [0.1, 0.15) is 17.9 Å². The third-order valence-electron chi connectivity index (χ3n) is 3.15. The first-order valence-electron chi connectivity index (χ1n) is 6.24. The topological polar surface area (TPSA) is 0 Å². The minimum Gasteiger partial charge on any atom is -0.103 e. The van der Waals surface area contributed by atoms with Crippen LogP contribution in [0, 0.1) is 0 Å². The van der Waals surface area contributed by atoms with Crippen LogP contribution in [-0.4, -0.2) is 0 Å². The van der Waals surface area contributed by atoms with Crippen molar-refractivity contribution in [1.82, 2.24) is 0 Å². The summed E-state index contributed by atoms with van der Waals surface area (Å²) in [4.78, 5) is 0. The molecule has 1 unspecified atom stereocenters. The third kappa shape index (κ3) is 2.60. The summed E-state index contributed by atoms with van der Waals surface area (Å²) in [6, 6.07) is 19.0. The van der Waals surface area contributed by atoms with Crippen LogP contribution in [0.15, 0.2) is 79.9 Å². The SMILES string of the molecule is C=CCC(C=C)c1ccccc1-c1ccccc1. The van der Waals surface area contributed by atoms with Crippen molar-refractivity contribution in [3.63, 3.8) is 0 Å². The van der Waals surface area contributed by atoms with Crippen molar-refractivity contribution in [2.45, 2.75) is 12.3 Å². The molecule has 2 aromatic rings. The van der Waals surface area contributed by atoms with E-state index in [0.717, 1.165) is 6.42 Å². The van der Waals surface area contributed by atoms with Gasteiger partial charge in [-0.1, -0.05) is 66.7 Å². The number of hydrogen-bond acceptors (Lipinski definition) is 0. The molecule has 18 heavy (non-hydrogen) atoms. The molecule has 0 spiro atoms. The van der Waals surface area contributed by atoms with Gasteiger partial charge in [0, 0.05) is 5.92 Å². The van der Waals surface area contributed by atoms with E-state index in [0.29, 0.717) is 5.92 Å². The summed E-state index contributed by atoms with van der Waals surface area (Å²) in [6.45, 7) is 7.77. The fourth-order valence-electron chi connectivity index (χ4n) is 2.23. The van der Waals surface area contributed by atoms with Crippen LogP contribution in [-0.2, 0) is 0 Å². The fraction of sp³-hybridized carbons (Fsp3) is 0.111. The second-order valence-electron chi connectivity index (χ2n) is 4.32. The van der Waals surface area contributed by atoms with Gasteiger partial charge in [0.15, 0.2) is 0 Å². The minimum absolute atomic E-state index is 0.332. The smallest absolute Gasteiger partial charge is 0.00558 e. The molecule has 0 aliphatic rings. The third-order valence-corrected chi connectivity index (χ3v) is 3.15. The predicted molar refractivity (Wildman–Crippen MR) is 79.6 cm³/mol. The summed E-state index contributed by atoms with van der Waals surface area (Å²) in [6.07, 6.45) is 4.88. The normalized spacial score (nSPS) is 11.8. The van der Waals surface area contributed by atoms with E-state index in [1.165, 1.54) is 16.7 Å². The molecule has 0 radical (unpaired) electrons. The van der Waals surface area contributed by atoms with Crippen molar-refractivity contribution in [2.75, 3.05) is 0 Å². The van der Waals surface area contributed by atoms with Crippen molar-refractivity contribution in [3.05, 3.63) is 85.5 Å². The molecular formula is C18H18. The number of hydrogen-bond donors (Lipinski definition) is 0. The van der Waals surface area contributed by atoms with Crippen molar-refractivity contribution < 1.29 is 0 Å². The van der Waals surface area contributed by atoms with Crippen LogP contribution in [0.3, 0.4) is 0 Å². The molecule has 0 heterocycles. The van der Waals surface area contributed by atoms with E-state index in [1.54, 1.807) is 0 Å². The van der Waals surface area contributed by atoms with Gasteiger partial charge in [-0.15, -0.1) is 13.2 Å². The minimum atomic E-state index is 0.332. The van der Waals surface area contributed by atoms with Crippen molar-refractivity contribution in [2.24, 2.45) is 0 Å². The maximum Gasteiger partial charge on any atom is 0.00558 e. The fourth-order valence-corrected chi connectivity index (χ4v) is 2.23. The maximum absolute atomic E-state index is 3.94. The van der Waals surface area contributed by atoms with E-state index in [2.05, 4.69) is 61.7 Å². The standard InChI is InChI=1S/C18H18/c1-3-10-15(4-2)17-13-8-9-14-18(17)16-11-6-5-7-12-16/h3-9,11-15H,1-2,10H2. The second kappa shape index (κ2) is 6.02. The second-order valence-corrected chi connectivity index (χ2v) is 4.32. The summed E-state index contributed by atoms with van der Waals surface area (Å²) >= 11 is 0. The summed E-state index contributed by atoms with van der Waals surface area (Å²) in [5.74, 6) is 0.332. The van der Waals surface area contributed by atoms with E-state index < -0.39 is 0 Å². The summed E-state index contributed by atoms with van der Waals surface area (Å²) in [5, 5.41) is 0. The molecule has 1 atom stereocenters. The average molecular weight is 234 g/mol. The van der Waals surface area contributed by atoms with Crippen LogP contribution < -0.4 is 0 Å². The lowest BCUT2D eigenvalue weighted by Crippen LogP contribution is -1.96. The lowest BCUT2D eigenvalue weighted by molar-refractivity contribution is 0.870. The predicted octanol–water partition coefficient (Wildman–Crippen LogP) is 5.20. The highest BCUT2D eigenvalue weighted by atomic mass is 14.1. The highest BCUT2D eigenvalue weighted by Gasteiger charge is 2.11. The van der Waals surface area contributed by atoms with Crippen LogP contribution in [0.4, 0.5) is 0 Å². The monoisotopic (exact) mass is 234 g/mol. The Morgan fingerprint density at radius 3 is 2.22 bits per heavy atom. The van der Waals surface area contributed by atoms with Crippen LogP contribution >= 0.6 is 0 Å². The molecule has 0 amide bonds. The summed E-state index contributed by atoms with van der Waals surface area (Å²) in [7, 11) is 0. The van der Waals surface area contributed by atoms with Gasteiger partial charge in [0.25, 0.3) is 0 Å². The molecule has 0 aliphatic carbocycles.